The molecule has 0 unspecified atom stereocenters. The Morgan fingerprint density at radius 3 is 2.70 bits per heavy atom. The van der Waals surface area contributed by atoms with Gasteiger partial charge >= 0.3 is 0 Å². The highest BCUT2D eigenvalue weighted by Crippen LogP contribution is 2.21. The molecular weight excluding hydrogens is 345 g/mol. The number of hydrogen-bond acceptors (Lipinski definition) is 4. The van der Waals surface area contributed by atoms with E-state index in [1.165, 1.54) is 6.07 Å². The summed E-state index contributed by atoms with van der Waals surface area (Å²) in [6.45, 7) is 7.25. The molecule has 1 saturated heterocycles. The van der Waals surface area contributed by atoms with Crippen LogP contribution in [-0.4, -0.2) is 41.5 Å². The van der Waals surface area contributed by atoms with E-state index in [0.717, 1.165) is 48.8 Å². The van der Waals surface area contributed by atoms with Crippen LogP contribution in [0.15, 0.2) is 36.7 Å². The highest BCUT2D eigenvalue weighted by molar-refractivity contribution is 6.04. The Labute approximate surface area is 157 Å². The van der Waals surface area contributed by atoms with Crippen molar-refractivity contribution in [3.63, 3.8) is 0 Å². The number of halogens is 1. The van der Waals surface area contributed by atoms with E-state index in [1.54, 1.807) is 18.3 Å². The number of benzene rings is 1. The van der Waals surface area contributed by atoms with E-state index in [0.29, 0.717) is 5.69 Å². The molecule has 3 heterocycles. The average molecular weight is 367 g/mol. The van der Waals surface area contributed by atoms with Gasteiger partial charge in [-0.2, -0.15) is 0 Å². The van der Waals surface area contributed by atoms with Crippen molar-refractivity contribution in [2.45, 2.75) is 13.8 Å². The van der Waals surface area contributed by atoms with E-state index in [1.807, 2.05) is 30.5 Å². The van der Waals surface area contributed by atoms with Crippen LogP contribution in [0.3, 0.4) is 0 Å². The largest absolute Gasteiger partial charge is 0.369 e. The summed E-state index contributed by atoms with van der Waals surface area (Å²) in [6.07, 6.45) is 3.67. The van der Waals surface area contributed by atoms with Crippen LogP contribution in [0.1, 0.15) is 21.6 Å². The summed E-state index contributed by atoms with van der Waals surface area (Å²) in [4.78, 5) is 19.1. The smallest absolute Gasteiger partial charge is 0.258 e. The van der Waals surface area contributed by atoms with Crippen molar-refractivity contribution in [3.05, 3.63) is 59.3 Å². The van der Waals surface area contributed by atoms with Crippen molar-refractivity contribution in [3.8, 4) is 0 Å². The highest BCUT2D eigenvalue weighted by Gasteiger charge is 2.17. The first-order valence-corrected chi connectivity index (χ1v) is 9.04. The number of carbonyl (C=O) groups excluding carboxylic acids is 1. The first kappa shape index (κ1) is 17.5. The molecule has 0 spiro atoms. The second-order valence-electron chi connectivity index (χ2n) is 6.88. The van der Waals surface area contributed by atoms with Gasteiger partial charge in [-0.05, 0) is 43.7 Å². The summed E-state index contributed by atoms with van der Waals surface area (Å²) >= 11 is 0. The van der Waals surface area contributed by atoms with Gasteiger partial charge in [0.25, 0.3) is 5.91 Å². The Balaban J connectivity index is 1.56. The molecule has 1 aliphatic rings. The third-order valence-electron chi connectivity index (χ3n) is 4.79. The van der Waals surface area contributed by atoms with Gasteiger partial charge in [-0.3, -0.25) is 4.79 Å². The maximum atomic E-state index is 14.6. The highest BCUT2D eigenvalue weighted by atomic mass is 19.1. The summed E-state index contributed by atoms with van der Waals surface area (Å²) in [5.41, 5.74) is 4.13. The monoisotopic (exact) mass is 367 g/mol. The minimum absolute atomic E-state index is 0.0356. The van der Waals surface area contributed by atoms with Crippen molar-refractivity contribution in [1.82, 2.24) is 14.7 Å². The van der Waals surface area contributed by atoms with Crippen molar-refractivity contribution in [1.29, 1.82) is 0 Å². The number of amides is 1. The molecule has 1 fully saturated rings. The first-order chi connectivity index (χ1) is 13.0. The van der Waals surface area contributed by atoms with E-state index in [2.05, 4.69) is 20.5 Å². The molecule has 0 radical (unpaired) electrons. The number of aryl methyl sites for hydroxylation is 2. The molecule has 7 heteroatoms. The molecule has 6 nitrogen and oxygen atoms in total. The van der Waals surface area contributed by atoms with Gasteiger partial charge in [0.2, 0.25) is 0 Å². The van der Waals surface area contributed by atoms with E-state index in [-0.39, 0.29) is 5.56 Å². The fourth-order valence-electron chi connectivity index (χ4n) is 3.47. The lowest BCUT2D eigenvalue weighted by molar-refractivity contribution is 0.102. The molecule has 0 saturated carbocycles. The fourth-order valence-corrected chi connectivity index (χ4v) is 3.47. The van der Waals surface area contributed by atoms with Gasteiger partial charge in [-0.1, -0.05) is 0 Å². The summed E-state index contributed by atoms with van der Waals surface area (Å²) in [5, 5.41) is 6.06. The normalized spacial score (nSPS) is 14.6. The van der Waals surface area contributed by atoms with Gasteiger partial charge in [0, 0.05) is 44.3 Å². The second kappa shape index (κ2) is 7.00. The molecule has 1 aromatic carbocycles. The molecule has 140 valence electrons. The van der Waals surface area contributed by atoms with Crippen LogP contribution in [0.25, 0.3) is 5.65 Å². The Hall–Kier alpha value is -2.93. The SMILES string of the molecule is Cc1cn2cc(NC(=O)c3ccc(N4CCNCC4)cc3F)cc(C)c2n1. The third kappa shape index (κ3) is 3.50. The lowest BCUT2D eigenvalue weighted by atomic mass is 10.1. The second-order valence-corrected chi connectivity index (χ2v) is 6.88. The summed E-state index contributed by atoms with van der Waals surface area (Å²) in [6, 6.07) is 6.63. The van der Waals surface area contributed by atoms with Gasteiger partial charge in [0.15, 0.2) is 0 Å². The quantitative estimate of drug-likeness (QED) is 0.747. The van der Waals surface area contributed by atoms with Crippen LogP contribution in [0.5, 0.6) is 0 Å². The summed E-state index contributed by atoms with van der Waals surface area (Å²) in [7, 11) is 0. The Bertz CT molecular complexity index is 1010. The fraction of sp³-hybridized carbons (Fsp3) is 0.300. The molecule has 0 aliphatic carbocycles. The molecule has 2 aromatic heterocycles. The molecule has 27 heavy (non-hydrogen) atoms. The number of aromatic nitrogens is 2. The lowest BCUT2D eigenvalue weighted by Crippen LogP contribution is -2.43. The zero-order valence-electron chi connectivity index (χ0n) is 15.4. The first-order valence-electron chi connectivity index (χ1n) is 9.04. The molecule has 1 amide bonds. The zero-order chi connectivity index (χ0) is 19.0. The number of piperazine rings is 1. The van der Waals surface area contributed by atoms with Gasteiger partial charge in [0.1, 0.15) is 11.5 Å². The lowest BCUT2D eigenvalue weighted by Gasteiger charge is -2.29. The minimum atomic E-state index is -0.514. The summed E-state index contributed by atoms with van der Waals surface area (Å²) < 4.78 is 16.4. The van der Waals surface area contributed by atoms with Crippen LogP contribution in [0.4, 0.5) is 15.8 Å². The van der Waals surface area contributed by atoms with Gasteiger partial charge in [0.05, 0.1) is 16.9 Å². The number of rotatable bonds is 3. The molecule has 4 rings (SSSR count). The van der Waals surface area contributed by atoms with Gasteiger partial charge < -0.3 is 19.9 Å². The van der Waals surface area contributed by atoms with E-state index in [9.17, 15) is 9.18 Å². The predicted octanol–water partition coefficient (Wildman–Crippen LogP) is 2.75. The number of nitrogens with one attached hydrogen (secondary N) is 2. The Morgan fingerprint density at radius 1 is 1.19 bits per heavy atom. The average Bonchev–Trinajstić information content (AvgIpc) is 3.03. The summed E-state index contributed by atoms with van der Waals surface area (Å²) in [5.74, 6) is -0.977. The number of fused-ring (bicyclic) bond motifs is 1. The van der Waals surface area contributed by atoms with Crippen molar-refractivity contribution < 1.29 is 9.18 Å². The number of imidazole rings is 1. The van der Waals surface area contributed by atoms with Crippen molar-refractivity contribution in [2.75, 3.05) is 36.4 Å². The van der Waals surface area contributed by atoms with E-state index in [4.69, 9.17) is 0 Å². The molecule has 1 aliphatic heterocycles. The number of anilines is 2. The maximum Gasteiger partial charge on any atom is 0.258 e. The molecule has 2 N–H and O–H groups in total. The van der Waals surface area contributed by atoms with E-state index < -0.39 is 11.7 Å². The topological polar surface area (TPSA) is 61.7 Å². The van der Waals surface area contributed by atoms with Crippen LogP contribution in [0.2, 0.25) is 0 Å². The Kier molecular flexibility index (Phi) is 4.53. The minimum Gasteiger partial charge on any atom is -0.369 e. The number of carbonyl (C=O) groups is 1. The predicted molar refractivity (Wildman–Crippen MR) is 104 cm³/mol. The van der Waals surface area contributed by atoms with Crippen molar-refractivity contribution >= 4 is 22.9 Å². The maximum absolute atomic E-state index is 14.6. The number of pyridine rings is 1. The van der Waals surface area contributed by atoms with Crippen LogP contribution in [0, 0.1) is 19.7 Å². The van der Waals surface area contributed by atoms with Gasteiger partial charge in [-0.25, -0.2) is 9.37 Å². The number of hydrogen-bond donors (Lipinski definition) is 2. The Morgan fingerprint density at radius 2 is 1.96 bits per heavy atom. The van der Waals surface area contributed by atoms with Crippen LogP contribution in [-0.2, 0) is 0 Å². The van der Waals surface area contributed by atoms with E-state index >= 15 is 0 Å². The van der Waals surface area contributed by atoms with Crippen LogP contribution >= 0.6 is 0 Å². The standard InChI is InChI=1S/C20H22FN5O/c1-13-9-15(12-26-11-14(2)23-19(13)26)24-20(27)17-4-3-16(10-18(17)21)25-7-5-22-6-8-25/h3-4,9-12,22H,5-8H2,1-2H3,(H,24,27). The molecule has 0 atom stereocenters. The molecule has 3 aromatic rings. The number of nitrogens with zero attached hydrogens (tertiary/aromatic N) is 3. The van der Waals surface area contributed by atoms with Crippen LogP contribution < -0.4 is 15.5 Å². The third-order valence-corrected chi connectivity index (χ3v) is 4.79. The zero-order valence-corrected chi connectivity index (χ0v) is 15.4. The molecular formula is C20H22FN5O. The molecule has 0 bridgehead atoms. The van der Waals surface area contributed by atoms with Crippen molar-refractivity contribution in [2.24, 2.45) is 0 Å². The van der Waals surface area contributed by atoms with Gasteiger partial charge in [-0.15, -0.1) is 0 Å².